The minimum Gasteiger partial charge on any atom is -0.343 e. The Morgan fingerprint density at radius 2 is 1.74 bits per heavy atom. The lowest BCUT2D eigenvalue weighted by molar-refractivity contribution is -0.132. The summed E-state index contributed by atoms with van der Waals surface area (Å²) in [4.78, 5) is 14.2. The summed E-state index contributed by atoms with van der Waals surface area (Å²) in [7, 11) is -2.82. The molecule has 5 heteroatoms. The molecule has 0 bridgehead atoms. The van der Waals surface area contributed by atoms with Gasteiger partial charge in [-0.15, -0.1) is 0 Å². The number of unbranched alkanes of at least 4 members (excludes halogenated alkanes) is 1. The van der Waals surface area contributed by atoms with Crippen molar-refractivity contribution in [2.24, 2.45) is 5.92 Å². The zero-order valence-electron chi connectivity index (χ0n) is 12.2. The average Bonchev–Trinajstić information content (AvgIpc) is 2.37. The van der Waals surface area contributed by atoms with Crippen LogP contribution in [0, 0.1) is 5.92 Å². The Labute approximate surface area is 117 Å². The second-order valence-corrected chi connectivity index (χ2v) is 7.84. The van der Waals surface area contributed by atoms with Crippen molar-refractivity contribution in [3.05, 3.63) is 0 Å². The third-order valence-electron chi connectivity index (χ3n) is 3.77. The number of sulfone groups is 1. The van der Waals surface area contributed by atoms with Crippen LogP contribution in [-0.2, 0) is 14.6 Å². The molecule has 0 aromatic heterocycles. The fourth-order valence-corrected chi connectivity index (χ4v) is 4.09. The highest BCUT2D eigenvalue weighted by Crippen LogP contribution is 2.22. The molecule has 0 aromatic rings. The van der Waals surface area contributed by atoms with Crippen LogP contribution in [0.2, 0.25) is 0 Å². The Kier molecular flexibility index (Phi) is 6.83. The Bertz CT molecular complexity index is 364. The van der Waals surface area contributed by atoms with Gasteiger partial charge >= 0.3 is 0 Å². The maximum absolute atomic E-state index is 12.2. The summed E-state index contributed by atoms with van der Waals surface area (Å²) in [6, 6.07) is 0. The van der Waals surface area contributed by atoms with Crippen molar-refractivity contribution in [3.63, 3.8) is 0 Å². The smallest absolute Gasteiger partial charge is 0.222 e. The second-order valence-electron chi connectivity index (χ2n) is 5.53. The van der Waals surface area contributed by atoms with Gasteiger partial charge in [0.1, 0.15) is 9.84 Å². The van der Waals surface area contributed by atoms with E-state index in [1.54, 1.807) is 0 Å². The minimum absolute atomic E-state index is 0.208. The molecule has 0 aliphatic carbocycles. The van der Waals surface area contributed by atoms with E-state index in [2.05, 4.69) is 13.8 Å². The summed E-state index contributed by atoms with van der Waals surface area (Å²) in [6.45, 7) is 5.87. The first-order chi connectivity index (χ1) is 8.98. The highest BCUT2D eigenvalue weighted by atomic mass is 32.2. The van der Waals surface area contributed by atoms with E-state index in [4.69, 9.17) is 0 Å². The van der Waals surface area contributed by atoms with Crippen molar-refractivity contribution >= 4 is 15.7 Å². The molecule has 1 aliphatic heterocycles. The predicted molar refractivity (Wildman–Crippen MR) is 77.8 cm³/mol. The SMILES string of the molecule is CCCCN(CCC)C(=O)CC1CCS(=O)(=O)CC1. The summed E-state index contributed by atoms with van der Waals surface area (Å²) in [5, 5.41) is 0. The molecule has 1 amide bonds. The van der Waals surface area contributed by atoms with Crippen LogP contribution in [-0.4, -0.2) is 43.8 Å². The highest BCUT2D eigenvalue weighted by Gasteiger charge is 2.26. The number of carbonyl (C=O) groups is 1. The molecule has 0 saturated carbocycles. The summed E-state index contributed by atoms with van der Waals surface area (Å²) in [5.74, 6) is 0.984. The summed E-state index contributed by atoms with van der Waals surface area (Å²) in [6.07, 6.45) is 4.96. The molecular weight excluding hydrogens is 262 g/mol. The maximum Gasteiger partial charge on any atom is 0.222 e. The van der Waals surface area contributed by atoms with Crippen molar-refractivity contribution in [1.82, 2.24) is 4.90 Å². The second kappa shape index (κ2) is 7.88. The summed E-state index contributed by atoms with van der Waals surface area (Å²) < 4.78 is 22.7. The molecule has 112 valence electrons. The van der Waals surface area contributed by atoms with Gasteiger partial charge in [-0.05, 0) is 31.6 Å². The van der Waals surface area contributed by atoms with Gasteiger partial charge in [-0.1, -0.05) is 20.3 Å². The van der Waals surface area contributed by atoms with Crippen LogP contribution in [0.15, 0.2) is 0 Å². The molecular formula is C14H27NO3S. The molecule has 1 heterocycles. The van der Waals surface area contributed by atoms with Gasteiger partial charge in [-0.3, -0.25) is 4.79 Å². The first-order valence-corrected chi connectivity index (χ1v) is 9.28. The van der Waals surface area contributed by atoms with Crippen LogP contribution in [0.4, 0.5) is 0 Å². The zero-order valence-corrected chi connectivity index (χ0v) is 13.0. The largest absolute Gasteiger partial charge is 0.343 e. The number of nitrogens with zero attached hydrogens (tertiary/aromatic N) is 1. The van der Waals surface area contributed by atoms with Crippen molar-refractivity contribution in [1.29, 1.82) is 0 Å². The monoisotopic (exact) mass is 289 g/mol. The molecule has 0 unspecified atom stereocenters. The standard InChI is InChI=1S/C14H27NO3S/c1-3-5-9-15(8-4-2)14(16)12-13-6-10-19(17,18)11-7-13/h13H,3-12H2,1-2H3. The molecule has 0 radical (unpaired) electrons. The molecule has 0 atom stereocenters. The Morgan fingerprint density at radius 1 is 1.11 bits per heavy atom. The van der Waals surface area contributed by atoms with E-state index >= 15 is 0 Å². The average molecular weight is 289 g/mol. The number of hydrogen-bond acceptors (Lipinski definition) is 3. The van der Waals surface area contributed by atoms with Crippen molar-refractivity contribution < 1.29 is 13.2 Å². The fraction of sp³-hybridized carbons (Fsp3) is 0.929. The van der Waals surface area contributed by atoms with E-state index in [0.29, 0.717) is 19.3 Å². The van der Waals surface area contributed by atoms with E-state index in [1.165, 1.54) is 0 Å². The molecule has 1 aliphatic rings. The van der Waals surface area contributed by atoms with Gasteiger partial charge in [0, 0.05) is 19.5 Å². The van der Waals surface area contributed by atoms with Crippen molar-refractivity contribution in [3.8, 4) is 0 Å². The summed E-state index contributed by atoms with van der Waals surface area (Å²) in [5.41, 5.74) is 0. The van der Waals surface area contributed by atoms with Crippen LogP contribution in [0.3, 0.4) is 0 Å². The van der Waals surface area contributed by atoms with Crippen LogP contribution in [0.1, 0.15) is 52.4 Å². The molecule has 1 rings (SSSR count). The van der Waals surface area contributed by atoms with E-state index in [1.807, 2.05) is 4.90 Å². The van der Waals surface area contributed by atoms with Gasteiger partial charge in [0.25, 0.3) is 0 Å². The third-order valence-corrected chi connectivity index (χ3v) is 5.48. The van der Waals surface area contributed by atoms with Crippen molar-refractivity contribution in [2.45, 2.75) is 52.4 Å². The molecule has 0 aromatic carbocycles. The Balaban J connectivity index is 2.43. The first kappa shape index (κ1) is 16.5. The first-order valence-electron chi connectivity index (χ1n) is 7.46. The molecule has 0 N–H and O–H groups in total. The third kappa shape index (κ3) is 5.93. The Hall–Kier alpha value is -0.580. The van der Waals surface area contributed by atoms with Gasteiger partial charge in [0.05, 0.1) is 11.5 Å². The lowest BCUT2D eigenvalue weighted by Crippen LogP contribution is -2.35. The molecule has 1 fully saturated rings. The predicted octanol–water partition coefficient (Wildman–Crippen LogP) is 2.24. The number of hydrogen-bond donors (Lipinski definition) is 0. The molecule has 0 spiro atoms. The number of carbonyl (C=O) groups excluding carboxylic acids is 1. The van der Waals surface area contributed by atoms with Crippen LogP contribution >= 0.6 is 0 Å². The van der Waals surface area contributed by atoms with E-state index in [9.17, 15) is 13.2 Å². The van der Waals surface area contributed by atoms with Gasteiger partial charge in [0.15, 0.2) is 0 Å². The van der Waals surface area contributed by atoms with Gasteiger partial charge in [-0.2, -0.15) is 0 Å². The van der Waals surface area contributed by atoms with Gasteiger partial charge in [0.2, 0.25) is 5.91 Å². The topological polar surface area (TPSA) is 54.5 Å². The molecule has 1 saturated heterocycles. The van der Waals surface area contributed by atoms with Gasteiger partial charge in [-0.25, -0.2) is 8.42 Å². The van der Waals surface area contributed by atoms with Crippen molar-refractivity contribution in [2.75, 3.05) is 24.6 Å². The van der Waals surface area contributed by atoms with E-state index < -0.39 is 9.84 Å². The molecule has 19 heavy (non-hydrogen) atoms. The van der Waals surface area contributed by atoms with Crippen LogP contribution in [0.5, 0.6) is 0 Å². The lowest BCUT2D eigenvalue weighted by Gasteiger charge is -2.26. The number of amides is 1. The van der Waals surface area contributed by atoms with E-state index in [-0.39, 0.29) is 23.3 Å². The fourth-order valence-electron chi connectivity index (χ4n) is 2.50. The summed E-state index contributed by atoms with van der Waals surface area (Å²) >= 11 is 0. The normalized spacial score (nSPS) is 19.3. The quantitative estimate of drug-likeness (QED) is 0.722. The van der Waals surface area contributed by atoms with Crippen LogP contribution in [0.25, 0.3) is 0 Å². The van der Waals surface area contributed by atoms with Crippen LogP contribution < -0.4 is 0 Å². The maximum atomic E-state index is 12.2. The van der Waals surface area contributed by atoms with E-state index in [0.717, 1.165) is 32.4 Å². The lowest BCUT2D eigenvalue weighted by atomic mass is 9.98. The zero-order chi connectivity index (χ0) is 14.3. The molecule has 4 nitrogen and oxygen atoms in total. The highest BCUT2D eigenvalue weighted by molar-refractivity contribution is 7.91. The van der Waals surface area contributed by atoms with Gasteiger partial charge < -0.3 is 4.90 Å². The minimum atomic E-state index is -2.82. The Morgan fingerprint density at radius 3 is 2.26 bits per heavy atom. The number of rotatable bonds is 7.